The molecule has 1 aliphatic heterocycles. The first kappa shape index (κ1) is 13.4. The predicted octanol–water partition coefficient (Wildman–Crippen LogP) is -0.596. The largest absolute Gasteiger partial charge is 0.396 e. The highest BCUT2D eigenvalue weighted by molar-refractivity contribution is 5.77. The fourth-order valence-corrected chi connectivity index (χ4v) is 2.10. The fourth-order valence-electron chi connectivity index (χ4n) is 2.10. The van der Waals surface area contributed by atoms with Gasteiger partial charge in [-0.3, -0.25) is 4.79 Å². The number of hydrogen-bond donors (Lipinski definition) is 1. The molecule has 94 valence electrons. The zero-order chi connectivity index (χ0) is 12.1. The minimum absolute atomic E-state index is 0.0182. The molecule has 1 saturated heterocycles. The molecule has 2 atom stereocenters. The van der Waals surface area contributed by atoms with E-state index in [1.54, 1.807) is 4.90 Å². The van der Waals surface area contributed by atoms with Crippen molar-refractivity contribution in [2.75, 3.05) is 47.0 Å². The molecule has 1 fully saturated rings. The maximum Gasteiger partial charge on any atom is 0.248 e. The number of nitrogens with zero attached hydrogens (tertiary/aromatic N) is 2. The molecule has 1 heterocycles. The first-order valence-corrected chi connectivity index (χ1v) is 5.73. The molecule has 5 heteroatoms. The Morgan fingerprint density at radius 1 is 1.50 bits per heavy atom. The number of aliphatic hydroxyl groups is 1. The summed E-state index contributed by atoms with van der Waals surface area (Å²) in [5, 5.41) is 9.27. The lowest BCUT2D eigenvalue weighted by molar-refractivity contribution is -0.135. The van der Waals surface area contributed by atoms with E-state index in [0.717, 1.165) is 0 Å². The van der Waals surface area contributed by atoms with Crippen molar-refractivity contribution in [1.82, 2.24) is 9.80 Å². The van der Waals surface area contributed by atoms with Gasteiger partial charge in [-0.2, -0.15) is 0 Å². The summed E-state index contributed by atoms with van der Waals surface area (Å²) in [6.45, 7) is 4.02. The third kappa shape index (κ3) is 3.17. The molecule has 0 aromatic rings. The SMILES string of the molecule is CCOCC(=O)N1C[C@@H](CO)[C@H](N(C)C)C1. The van der Waals surface area contributed by atoms with Gasteiger partial charge in [0.2, 0.25) is 5.91 Å². The van der Waals surface area contributed by atoms with Crippen molar-refractivity contribution < 1.29 is 14.6 Å². The summed E-state index contributed by atoms with van der Waals surface area (Å²) in [5.74, 6) is 0.172. The van der Waals surface area contributed by atoms with Crippen LogP contribution in [0, 0.1) is 5.92 Å². The molecule has 16 heavy (non-hydrogen) atoms. The van der Waals surface area contributed by atoms with Gasteiger partial charge in [-0.05, 0) is 21.0 Å². The summed E-state index contributed by atoms with van der Waals surface area (Å²) in [5.41, 5.74) is 0. The number of likely N-dealkylation sites (tertiary alicyclic amines) is 1. The van der Waals surface area contributed by atoms with Crippen LogP contribution in [-0.2, 0) is 9.53 Å². The lowest BCUT2D eigenvalue weighted by atomic mass is 10.0. The number of carbonyl (C=O) groups excluding carboxylic acids is 1. The Morgan fingerprint density at radius 2 is 2.19 bits per heavy atom. The van der Waals surface area contributed by atoms with Crippen LogP contribution in [-0.4, -0.2) is 73.9 Å². The molecular formula is C11H22N2O3. The van der Waals surface area contributed by atoms with E-state index in [9.17, 15) is 9.90 Å². The van der Waals surface area contributed by atoms with E-state index in [1.807, 2.05) is 21.0 Å². The monoisotopic (exact) mass is 230 g/mol. The maximum absolute atomic E-state index is 11.7. The number of amides is 1. The summed E-state index contributed by atoms with van der Waals surface area (Å²) >= 11 is 0. The van der Waals surface area contributed by atoms with Crippen LogP contribution in [0.3, 0.4) is 0 Å². The van der Waals surface area contributed by atoms with Crippen molar-refractivity contribution in [2.24, 2.45) is 5.92 Å². The summed E-state index contributed by atoms with van der Waals surface area (Å²) < 4.78 is 5.10. The van der Waals surface area contributed by atoms with Crippen LogP contribution in [0.1, 0.15) is 6.92 Å². The van der Waals surface area contributed by atoms with Gasteiger partial charge in [0.1, 0.15) is 6.61 Å². The van der Waals surface area contributed by atoms with E-state index in [4.69, 9.17) is 4.74 Å². The van der Waals surface area contributed by atoms with Crippen molar-refractivity contribution in [2.45, 2.75) is 13.0 Å². The minimum atomic E-state index is 0.0182. The average molecular weight is 230 g/mol. The highest BCUT2D eigenvalue weighted by Gasteiger charge is 2.35. The minimum Gasteiger partial charge on any atom is -0.396 e. The third-order valence-electron chi connectivity index (χ3n) is 3.09. The number of ether oxygens (including phenoxy) is 1. The topological polar surface area (TPSA) is 53.0 Å². The van der Waals surface area contributed by atoms with E-state index >= 15 is 0 Å². The second kappa shape index (κ2) is 6.18. The standard InChI is InChI=1S/C11H22N2O3/c1-4-16-8-11(15)13-5-9(7-14)10(6-13)12(2)3/h9-10,14H,4-8H2,1-3H3/t9-,10+/m0/s1. The zero-order valence-corrected chi connectivity index (χ0v) is 10.3. The first-order chi connectivity index (χ1) is 7.60. The van der Waals surface area contributed by atoms with Crippen molar-refractivity contribution in [3.05, 3.63) is 0 Å². The Labute approximate surface area is 97.0 Å². The Morgan fingerprint density at radius 3 is 2.62 bits per heavy atom. The predicted molar refractivity (Wildman–Crippen MR) is 61.1 cm³/mol. The summed E-state index contributed by atoms with van der Waals surface area (Å²) in [6.07, 6.45) is 0. The van der Waals surface area contributed by atoms with Crippen LogP contribution >= 0.6 is 0 Å². The van der Waals surface area contributed by atoms with Crippen molar-refractivity contribution in [3.63, 3.8) is 0 Å². The number of rotatable bonds is 5. The fraction of sp³-hybridized carbons (Fsp3) is 0.909. The van der Waals surface area contributed by atoms with Gasteiger partial charge in [-0.15, -0.1) is 0 Å². The highest BCUT2D eigenvalue weighted by Crippen LogP contribution is 2.20. The molecule has 0 unspecified atom stereocenters. The molecule has 0 radical (unpaired) electrons. The second-order valence-corrected chi connectivity index (χ2v) is 4.41. The summed E-state index contributed by atoms with van der Waals surface area (Å²) in [6, 6.07) is 0.246. The van der Waals surface area contributed by atoms with Gasteiger partial charge < -0.3 is 19.6 Å². The van der Waals surface area contributed by atoms with Crippen LogP contribution in [0.2, 0.25) is 0 Å². The average Bonchev–Trinajstić information content (AvgIpc) is 2.69. The Balaban J connectivity index is 2.50. The maximum atomic E-state index is 11.7. The quantitative estimate of drug-likeness (QED) is 0.685. The molecule has 0 aliphatic carbocycles. The Hall–Kier alpha value is -0.650. The molecule has 0 aromatic heterocycles. The van der Waals surface area contributed by atoms with E-state index in [-0.39, 0.29) is 31.1 Å². The van der Waals surface area contributed by atoms with Crippen molar-refractivity contribution >= 4 is 5.91 Å². The molecule has 1 amide bonds. The lowest BCUT2D eigenvalue weighted by Gasteiger charge is -2.23. The van der Waals surface area contributed by atoms with Crippen LogP contribution in [0.15, 0.2) is 0 Å². The summed E-state index contributed by atoms with van der Waals surface area (Å²) in [4.78, 5) is 15.6. The van der Waals surface area contributed by atoms with Gasteiger partial charge in [-0.25, -0.2) is 0 Å². The van der Waals surface area contributed by atoms with Crippen LogP contribution in [0.4, 0.5) is 0 Å². The molecule has 0 saturated carbocycles. The van der Waals surface area contributed by atoms with Crippen molar-refractivity contribution in [1.29, 1.82) is 0 Å². The molecule has 1 rings (SSSR count). The van der Waals surface area contributed by atoms with E-state index in [0.29, 0.717) is 19.7 Å². The van der Waals surface area contributed by atoms with Gasteiger partial charge in [0, 0.05) is 38.3 Å². The lowest BCUT2D eigenvalue weighted by Crippen LogP contribution is -2.37. The molecule has 0 aromatic carbocycles. The smallest absolute Gasteiger partial charge is 0.248 e. The molecule has 1 N–H and O–H groups in total. The third-order valence-corrected chi connectivity index (χ3v) is 3.09. The Kier molecular flexibility index (Phi) is 5.18. The number of hydrogen-bond acceptors (Lipinski definition) is 4. The summed E-state index contributed by atoms with van der Waals surface area (Å²) in [7, 11) is 3.95. The molecule has 0 spiro atoms. The van der Waals surface area contributed by atoms with Gasteiger partial charge >= 0.3 is 0 Å². The van der Waals surface area contributed by atoms with Gasteiger partial charge in [0.05, 0.1) is 0 Å². The van der Waals surface area contributed by atoms with Crippen LogP contribution < -0.4 is 0 Å². The first-order valence-electron chi connectivity index (χ1n) is 5.73. The van der Waals surface area contributed by atoms with Gasteiger partial charge in [0.15, 0.2) is 0 Å². The molecule has 0 bridgehead atoms. The van der Waals surface area contributed by atoms with Gasteiger partial charge in [-0.1, -0.05) is 0 Å². The number of aliphatic hydroxyl groups excluding tert-OH is 1. The molecular weight excluding hydrogens is 208 g/mol. The zero-order valence-electron chi connectivity index (χ0n) is 10.3. The van der Waals surface area contributed by atoms with Crippen LogP contribution in [0.25, 0.3) is 0 Å². The molecule has 5 nitrogen and oxygen atoms in total. The number of carbonyl (C=O) groups is 1. The highest BCUT2D eigenvalue weighted by atomic mass is 16.5. The van der Waals surface area contributed by atoms with E-state index in [2.05, 4.69) is 4.90 Å². The Bertz CT molecular complexity index is 233. The van der Waals surface area contributed by atoms with Gasteiger partial charge in [0.25, 0.3) is 0 Å². The number of likely N-dealkylation sites (N-methyl/N-ethyl adjacent to an activating group) is 1. The normalized spacial score (nSPS) is 25.4. The van der Waals surface area contributed by atoms with Crippen LogP contribution in [0.5, 0.6) is 0 Å². The van der Waals surface area contributed by atoms with Crippen molar-refractivity contribution in [3.8, 4) is 0 Å². The van der Waals surface area contributed by atoms with E-state index < -0.39 is 0 Å². The second-order valence-electron chi connectivity index (χ2n) is 4.41. The molecule has 1 aliphatic rings. The van der Waals surface area contributed by atoms with E-state index in [1.165, 1.54) is 0 Å².